The molecular weight excluding hydrogens is 308 g/mol. The van der Waals surface area contributed by atoms with Crippen LogP contribution in [0.1, 0.15) is 26.3 Å². The van der Waals surface area contributed by atoms with Crippen molar-refractivity contribution in [2.75, 3.05) is 0 Å². The summed E-state index contributed by atoms with van der Waals surface area (Å²) in [4.78, 5) is 14.8. The first-order chi connectivity index (χ1) is 8.85. The van der Waals surface area contributed by atoms with Crippen LogP contribution in [0, 0.1) is 0 Å². The standard InChI is InChI=1S/C14H17BrN2O2/c1-14(2,3)19-13(18)17-8-9-7-16-12-6-10(15)4-5-11(9)12/h4-7,16H,8H2,1-3H3,(H,17,18). The molecular formula is C14H17BrN2O2. The van der Waals surface area contributed by atoms with Crippen LogP contribution in [0.2, 0.25) is 0 Å². The zero-order chi connectivity index (χ0) is 14.0. The summed E-state index contributed by atoms with van der Waals surface area (Å²) in [7, 11) is 0. The Morgan fingerprint density at radius 2 is 2.16 bits per heavy atom. The SMILES string of the molecule is CC(C)(C)OC(=O)NCc1c[nH]c2cc(Br)ccc12. The van der Waals surface area contributed by atoms with Gasteiger partial charge in [-0.15, -0.1) is 0 Å². The summed E-state index contributed by atoms with van der Waals surface area (Å²) >= 11 is 3.43. The number of fused-ring (bicyclic) bond motifs is 1. The van der Waals surface area contributed by atoms with Gasteiger partial charge in [-0.1, -0.05) is 22.0 Å². The predicted octanol–water partition coefficient (Wildman–Crippen LogP) is 3.96. The van der Waals surface area contributed by atoms with Crippen LogP contribution >= 0.6 is 15.9 Å². The topological polar surface area (TPSA) is 54.1 Å². The van der Waals surface area contributed by atoms with E-state index in [1.165, 1.54) is 0 Å². The Morgan fingerprint density at radius 3 is 2.84 bits per heavy atom. The summed E-state index contributed by atoms with van der Waals surface area (Å²) in [6.45, 7) is 5.97. The van der Waals surface area contributed by atoms with Gasteiger partial charge < -0.3 is 15.0 Å². The Balaban J connectivity index is 2.04. The van der Waals surface area contributed by atoms with Crippen LogP contribution in [-0.4, -0.2) is 16.7 Å². The minimum absolute atomic E-state index is 0.404. The summed E-state index contributed by atoms with van der Waals surface area (Å²) in [5.41, 5.74) is 1.60. The highest BCUT2D eigenvalue weighted by molar-refractivity contribution is 9.10. The van der Waals surface area contributed by atoms with Crippen molar-refractivity contribution < 1.29 is 9.53 Å². The zero-order valence-corrected chi connectivity index (χ0v) is 12.8. The van der Waals surface area contributed by atoms with Crippen LogP contribution < -0.4 is 5.32 Å². The van der Waals surface area contributed by atoms with Gasteiger partial charge in [0, 0.05) is 28.1 Å². The maximum atomic E-state index is 11.6. The lowest BCUT2D eigenvalue weighted by Gasteiger charge is -2.19. The number of hydrogen-bond acceptors (Lipinski definition) is 2. The molecule has 1 heterocycles. The molecule has 0 aliphatic rings. The van der Waals surface area contributed by atoms with Gasteiger partial charge in [0.15, 0.2) is 0 Å². The monoisotopic (exact) mass is 324 g/mol. The second-order valence-electron chi connectivity index (χ2n) is 5.36. The lowest BCUT2D eigenvalue weighted by atomic mass is 10.2. The van der Waals surface area contributed by atoms with Gasteiger partial charge in [0.2, 0.25) is 0 Å². The van der Waals surface area contributed by atoms with Crippen LogP contribution in [0.25, 0.3) is 10.9 Å². The molecule has 1 amide bonds. The third kappa shape index (κ3) is 3.73. The lowest BCUT2D eigenvalue weighted by Crippen LogP contribution is -2.32. The summed E-state index contributed by atoms with van der Waals surface area (Å²) < 4.78 is 6.22. The van der Waals surface area contributed by atoms with Gasteiger partial charge in [-0.25, -0.2) is 4.79 Å². The Hall–Kier alpha value is -1.49. The zero-order valence-electron chi connectivity index (χ0n) is 11.2. The molecule has 0 aliphatic heterocycles. The number of amides is 1. The van der Waals surface area contributed by atoms with E-state index in [9.17, 15) is 4.79 Å². The third-order valence-electron chi connectivity index (χ3n) is 2.55. The number of halogens is 1. The maximum absolute atomic E-state index is 11.6. The van der Waals surface area contributed by atoms with Crippen LogP contribution in [-0.2, 0) is 11.3 Å². The van der Waals surface area contributed by atoms with Crippen molar-refractivity contribution in [2.24, 2.45) is 0 Å². The number of alkyl carbamates (subject to hydrolysis) is 1. The number of H-pyrrole nitrogens is 1. The van der Waals surface area contributed by atoms with Gasteiger partial charge in [0.25, 0.3) is 0 Å². The van der Waals surface area contributed by atoms with Gasteiger partial charge in [-0.3, -0.25) is 0 Å². The molecule has 0 saturated heterocycles. The lowest BCUT2D eigenvalue weighted by molar-refractivity contribution is 0.0524. The van der Waals surface area contributed by atoms with Crippen LogP contribution in [0.5, 0.6) is 0 Å². The molecule has 0 spiro atoms. The fourth-order valence-electron chi connectivity index (χ4n) is 1.79. The Bertz CT molecular complexity index is 599. The van der Waals surface area contributed by atoms with Gasteiger partial charge in [-0.2, -0.15) is 0 Å². The number of ether oxygens (including phenoxy) is 1. The van der Waals surface area contributed by atoms with Crippen LogP contribution in [0.15, 0.2) is 28.9 Å². The fraction of sp³-hybridized carbons (Fsp3) is 0.357. The second kappa shape index (κ2) is 5.25. The van der Waals surface area contributed by atoms with Gasteiger partial charge in [-0.05, 0) is 38.5 Å². The molecule has 0 unspecified atom stereocenters. The van der Waals surface area contributed by atoms with Crippen molar-refractivity contribution in [3.8, 4) is 0 Å². The van der Waals surface area contributed by atoms with E-state index in [0.717, 1.165) is 20.9 Å². The Morgan fingerprint density at radius 1 is 1.42 bits per heavy atom. The van der Waals surface area contributed by atoms with Gasteiger partial charge in [0.05, 0.1) is 0 Å². The van der Waals surface area contributed by atoms with E-state index in [4.69, 9.17) is 4.74 Å². The van der Waals surface area contributed by atoms with Gasteiger partial charge >= 0.3 is 6.09 Å². The molecule has 0 atom stereocenters. The first kappa shape index (κ1) is 13.9. The first-order valence-electron chi connectivity index (χ1n) is 6.07. The number of rotatable bonds is 2. The van der Waals surface area contributed by atoms with Crippen LogP contribution in [0.3, 0.4) is 0 Å². The minimum atomic E-state index is -0.477. The van der Waals surface area contributed by atoms with Crippen molar-refractivity contribution in [3.63, 3.8) is 0 Å². The predicted molar refractivity (Wildman–Crippen MR) is 79.1 cm³/mol. The molecule has 0 fully saturated rings. The van der Waals surface area contributed by atoms with Crippen LogP contribution in [0.4, 0.5) is 4.79 Å². The number of aromatic amines is 1. The molecule has 2 N–H and O–H groups in total. The highest BCUT2D eigenvalue weighted by atomic mass is 79.9. The second-order valence-corrected chi connectivity index (χ2v) is 6.27. The Labute approximate surface area is 120 Å². The summed E-state index contributed by atoms with van der Waals surface area (Å²) in [5, 5.41) is 3.85. The molecule has 2 rings (SSSR count). The molecule has 0 bridgehead atoms. The van der Waals surface area contributed by atoms with Crippen molar-refractivity contribution in [2.45, 2.75) is 32.9 Å². The average molecular weight is 325 g/mol. The molecule has 102 valence electrons. The van der Waals surface area contributed by atoms with Crippen molar-refractivity contribution in [1.82, 2.24) is 10.3 Å². The molecule has 5 heteroatoms. The molecule has 0 aliphatic carbocycles. The largest absolute Gasteiger partial charge is 0.444 e. The van der Waals surface area contributed by atoms with Gasteiger partial charge in [0.1, 0.15) is 5.60 Å². The molecule has 1 aromatic carbocycles. The number of nitrogens with one attached hydrogen (secondary N) is 2. The molecule has 2 aromatic rings. The molecule has 0 radical (unpaired) electrons. The number of hydrogen-bond donors (Lipinski definition) is 2. The smallest absolute Gasteiger partial charge is 0.407 e. The highest BCUT2D eigenvalue weighted by Crippen LogP contribution is 2.22. The summed E-state index contributed by atoms with van der Waals surface area (Å²) in [6, 6.07) is 6.00. The maximum Gasteiger partial charge on any atom is 0.407 e. The summed E-state index contributed by atoms with van der Waals surface area (Å²) in [5.74, 6) is 0. The molecule has 4 nitrogen and oxygen atoms in total. The van der Waals surface area contributed by atoms with E-state index in [1.807, 2.05) is 45.2 Å². The first-order valence-corrected chi connectivity index (χ1v) is 6.87. The highest BCUT2D eigenvalue weighted by Gasteiger charge is 2.16. The fourth-order valence-corrected chi connectivity index (χ4v) is 2.15. The summed E-state index contributed by atoms with van der Waals surface area (Å²) in [6.07, 6.45) is 1.49. The normalized spacial score (nSPS) is 11.6. The molecule has 0 saturated carbocycles. The number of carbonyl (C=O) groups is 1. The minimum Gasteiger partial charge on any atom is -0.444 e. The Kier molecular flexibility index (Phi) is 3.85. The van der Waals surface area contributed by atoms with E-state index in [1.54, 1.807) is 0 Å². The number of aromatic nitrogens is 1. The van der Waals surface area contributed by atoms with E-state index >= 15 is 0 Å². The van der Waals surface area contributed by atoms with Crippen molar-refractivity contribution in [1.29, 1.82) is 0 Å². The van der Waals surface area contributed by atoms with E-state index in [2.05, 4.69) is 26.2 Å². The number of carbonyl (C=O) groups excluding carboxylic acids is 1. The third-order valence-corrected chi connectivity index (χ3v) is 3.04. The average Bonchev–Trinajstić information content (AvgIpc) is 2.66. The number of benzene rings is 1. The molecule has 19 heavy (non-hydrogen) atoms. The van der Waals surface area contributed by atoms with E-state index in [-0.39, 0.29) is 0 Å². The van der Waals surface area contributed by atoms with E-state index in [0.29, 0.717) is 6.54 Å². The molecule has 1 aromatic heterocycles. The van der Waals surface area contributed by atoms with E-state index < -0.39 is 11.7 Å². The van der Waals surface area contributed by atoms with Crippen molar-refractivity contribution >= 4 is 32.9 Å². The van der Waals surface area contributed by atoms with Crippen molar-refractivity contribution in [3.05, 3.63) is 34.4 Å². The quantitative estimate of drug-likeness (QED) is 0.878.